The van der Waals surface area contributed by atoms with Crippen molar-refractivity contribution < 1.29 is 5.11 Å². The highest BCUT2D eigenvalue weighted by Gasteiger charge is 2.59. The van der Waals surface area contributed by atoms with Gasteiger partial charge in [-0.1, -0.05) is 32.4 Å². The Morgan fingerprint density at radius 2 is 1.77 bits per heavy atom. The molecule has 3 saturated carbocycles. The van der Waals surface area contributed by atoms with Crippen LogP contribution in [0, 0.1) is 40.4 Å². The molecule has 4 aliphatic carbocycles. The zero-order valence-corrected chi connectivity index (χ0v) is 22.2. The van der Waals surface area contributed by atoms with Crippen LogP contribution in [0.25, 0.3) is 0 Å². The second-order valence-corrected chi connectivity index (χ2v) is 13.2. The number of aliphatic hydroxyl groups excluding tert-OH is 1. The van der Waals surface area contributed by atoms with Crippen molar-refractivity contribution in [2.75, 3.05) is 37.6 Å². The first-order chi connectivity index (χ1) is 16.9. The molecule has 1 aliphatic heterocycles. The lowest BCUT2D eigenvalue weighted by molar-refractivity contribution is -0.0585. The number of fused-ring (bicyclic) bond motifs is 5. The smallest absolute Gasteiger partial charge is 0.225 e. The summed E-state index contributed by atoms with van der Waals surface area (Å²) in [5, 5.41) is 10.3. The molecule has 35 heavy (non-hydrogen) atoms. The monoisotopic (exact) mass is 478 g/mol. The lowest BCUT2D eigenvalue weighted by Gasteiger charge is -2.58. The molecule has 0 amide bonds. The number of nitrogens with zero attached hydrogens (tertiary/aromatic N) is 4. The Labute approximate surface area is 212 Å². The van der Waals surface area contributed by atoms with Crippen molar-refractivity contribution in [3.8, 4) is 0 Å². The molecule has 1 aromatic heterocycles. The van der Waals surface area contributed by atoms with Gasteiger partial charge in [0.1, 0.15) is 0 Å². The van der Waals surface area contributed by atoms with E-state index in [1.807, 2.05) is 18.5 Å². The fourth-order valence-electron chi connectivity index (χ4n) is 9.74. The van der Waals surface area contributed by atoms with Crippen molar-refractivity contribution in [2.24, 2.45) is 40.4 Å². The minimum atomic E-state index is -0.0986. The first-order valence-corrected chi connectivity index (χ1v) is 14.5. The van der Waals surface area contributed by atoms with Crippen molar-refractivity contribution in [1.29, 1.82) is 0 Å². The normalized spacial score (nSPS) is 42.6. The molecule has 5 heteroatoms. The van der Waals surface area contributed by atoms with Gasteiger partial charge in [-0.25, -0.2) is 9.97 Å². The molecule has 192 valence electrons. The first kappa shape index (κ1) is 23.9. The average Bonchev–Trinajstić information content (AvgIpc) is 3.23. The SMILES string of the molecule is C[C@H](CN1CCN(c2ncccn2)CC1)[C@H]1CC[C@H]2[C@@H]3CC=C4C[C@@H](O)CC[C@]4(C)[C@H]3CC[C@]12C. The van der Waals surface area contributed by atoms with Crippen molar-refractivity contribution in [1.82, 2.24) is 14.9 Å². The van der Waals surface area contributed by atoms with Gasteiger partial charge in [0.25, 0.3) is 0 Å². The molecule has 0 bridgehead atoms. The van der Waals surface area contributed by atoms with Gasteiger partial charge in [-0.15, -0.1) is 0 Å². The standard InChI is InChI=1S/C30H46N4O/c1-21(20-33-15-17-34(18-16-33)28-31-13-4-14-32-28)25-7-8-26-24-6-5-22-19-23(35)9-11-29(22,2)27(24)10-12-30(25,26)3/h4-5,13-14,21,23-27,35H,6-12,15-20H2,1-3H3/t21-,23+,24+,25-,26+,27+,29+,30-/m1/s1. The summed E-state index contributed by atoms with van der Waals surface area (Å²) in [6.07, 6.45) is 16.3. The molecule has 0 radical (unpaired) electrons. The van der Waals surface area contributed by atoms with E-state index in [-0.39, 0.29) is 6.10 Å². The van der Waals surface area contributed by atoms with Gasteiger partial charge in [0.05, 0.1) is 6.10 Å². The van der Waals surface area contributed by atoms with E-state index in [1.54, 1.807) is 5.57 Å². The first-order valence-electron chi connectivity index (χ1n) is 14.5. The third kappa shape index (κ3) is 4.05. The van der Waals surface area contributed by atoms with E-state index in [2.05, 4.69) is 46.6 Å². The van der Waals surface area contributed by atoms with E-state index in [0.29, 0.717) is 10.8 Å². The van der Waals surface area contributed by atoms with Crippen LogP contribution in [0.2, 0.25) is 0 Å². The molecule has 1 aromatic rings. The molecular formula is C30H46N4O. The number of hydrogen-bond acceptors (Lipinski definition) is 5. The predicted octanol–water partition coefficient (Wildman–Crippen LogP) is 5.17. The molecule has 6 rings (SSSR count). The van der Waals surface area contributed by atoms with Crippen LogP contribution in [0.5, 0.6) is 0 Å². The van der Waals surface area contributed by atoms with E-state index in [4.69, 9.17) is 0 Å². The Morgan fingerprint density at radius 3 is 2.54 bits per heavy atom. The zero-order chi connectivity index (χ0) is 24.2. The Balaban J connectivity index is 1.10. The minimum Gasteiger partial charge on any atom is -0.393 e. The lowest BCUT2D eigenvalue weighted by atomic mass is 9.47. The number of rotatable bonds is 4. The molecule has 1 N–H and O–H groups in total. The predicted molar refractivity (Wildman–Crippen MR) is 141 cm³/mol. The van der Waals surface area contributed by atoms with Crippen LogP contribution in [-0.2, 0) is 0 Å². The zero-order valence-electron chi connectivity index (χ0n) is 22.2. The van der Waals surface area contributed by atoms with Gasteiger partial charge in [0.15, 0.2) is 0 Å². The molecule has 0 spiro atoms. The summed E-state index contributed by atoms with van der Waals surface area (Å²) >= 11 is 0. The molecule has 0 unspecified atom stereocenters. The second-order valence-electron chi connectivity index (χ2n) is 13.2. The van der Waals surface area contributed by atoms with Crippen LogP contribution in [0.15, 0.2) is 30.1 Å². The van der Waals surface area contributed by atoms with E-state index in [0.717, 1.165) is 74.6 Å². The Bertz CT molecular complexity index is 928. The molecule has 2 heterocycles. The fourth-order valence-corrected chi connectivity index (χ4v) is 9.74. The third-order valence-electron chi connectivity index (χ3n) is 11.6. The summed E-state index contributed by atoms with van der Waals surface area (Å²) in [6, 6.07) is 1.90. The van der Waals surface area contributed by atoms with Crippen LogP contribution in [0.1, 0.15) is 72.1 Å². The number of aromatic nitrogens is 2. The Kier molecular flexibility index (Phi) is 6.24. The summed E-state index contributed by atoms with van der Waals surface area (Å²) in [7, 11) is 0. The van der Waals surface area contributed by atoms with Crippen molar-refractivity contribution in [3.63, 3.8) is 0 Å². The van der Waals surface area contributed by atoms with E-state index in [9.17, 15) is 5.11 Å². The minimum absolute atomic E-state index is 0.0986. The number of aliphatic hydroxyl groups is 1. The second kappa shape index (κ2) is 9.13. The molecule has 1 saturated heterocycles. The number of hydrogen-bond donors (Lipinski definition) is 1. The van der Waals surface area contributed by atoms with Gasteiger partial charge in [-0.2, -0.15) is 0 Å². The van der Waals surface area contributed by atoms with Gasteiger partial charge < -0.3 is 10.0 Å². The van der Waals surface area contributed by atoms with E-state index >= 15 is 0 Å². The highest BCUT2D eigenvalue weighted by Crippen LogP contribution is 2.67. The summed E-state index contributed by atoms with van der Waals surface area (Å²) in [4.78, 5) is 13.9. The molecule has 5 nitrogen and oxygen atoms in total. The molecule has 8 atom stereocenters. The van der Waals surface area contributed by atoms with Crippen LogP contribution in [-0.4, -0.2) is 58.8 Å². The van der Waals surface area contributed by atoms with Crippen LogP contribution < -0.4 is 4.90 Å². The topological polar surface area (TPSA) is 52.5 Å². The Hall–Kier alpha value is -1.46. The highest BCUT2D eigenvalue weighted by atomic mass is 16.3. The van der Waals surface area contributed by atoms with Crippen LogP contribution >= 0.6 is 0 Å². The number of anilines is 1. The van der Waals surface area contributed by atoms with Gasteiger partial charge in [0.2, 0.25) is 5.95 Å². The molecule has 4 fully saturated rings. The summed E-state index contributed by atoms with van der Waals surface area (Å²) in [5.74, 6) is 5.10. The average molecular weight is 479 g/mol. The summed E-state index contributed by atoms with van der Waals surface area (Å²) in [6.45, 7) is 13.3. The fraction of sp³-hybridized carbons (Fsp3) is 0.800. The number of allylic oxidation sites excluding steroid dienone is 1. The van der Waals surface area contributed by atoms with Gasteiger partial charge in [-0.3, -0.25) is 4.90 Å². The molecular weight excluding hydrogens is 432 g/mol. The molecule has 0 aromatic carbocycles. The van der Waals surface area contributed by atoms with Crippen LogP contribution in [0.3, 0.4) is 0 Å². The third-order valence-corrected chi connectivity index (χ3v) is 11.6. The van der Waals surface area contributed by atoms with Crippen molar-refractivity contribution >= 4 is 5.95 Å². The Morgan fingerprint density at radius 1 is 1.00 bits per heavy atom. The van der Waals surface area contributed by atoms with Gasteiger partial charge in [-0.05, 0) is 97.9 Å². The van der Waals surface area contributed by atoms with E-state index < -0.39 is 0 Å². The maximum atomic E-state index is 10.3. The van der Waals surface area contributed by atoms with Crippen molar-refractivity contribution in [3.05, 3.63) is 30.1 Å². The lowest BCUT2D eigenvalue weighted by Crippen LogP contribution is -2.52. The molecule has 5 aliphatic rings. The summed E-state index contributed by atoms with van der Waals surface area (Å²) in [5.41, 5.74) is 2.47. The highest BCUT2D eigenvalue weighted by molar-refractivity contribution is 5.29. The largest absolute Gasteiger partial charge is 0.393 e. The van der Waals surface area contributed by atoms with Gasteiger partial charge >= 0.3 is 0 Å². The van der Waals surface area contributed by atoms with E-state index in [1.165, 1.54) is 45.1 Å². The van der Waals surface area contributed by atoms with Crippen molar-refractivity contribution in [2.45, 2.75) is 78.2 Å². The van der Waals surface area contributed by atoms with Gasteiger partial charge in [0, 0.05) is 45.1 Å². The van der Waals surface area contributed by atoms with Crippen LogP contribution in [0.4, 0.5) is 5.95 Å². The maximum Gasteiger partial charge on any atom is 0.225 e. The maximum absolute atomic E-state index is 10.3. The summed E-state index contributed by atoms with van der Waals surface area (Å²) < 4.78 is 0. The number of piperazine rings is 1. The quantitative estimate of drug-likeness (QED) is 0.605.